The summed E-state index contributed by atoms with van der Waals surface area (Å²) in [6.45, 7) is 0. The molecule has 2 heterocycles. The van der Waals surface area contributed by atoms with Gasteiger partial charge >= 0.3 is 0 Å². The molecule has 160 valence electrons. The summed E-state index contributed by atoms with van der Waals surface area (Å²) in [7, 11) is 0. The Kier molecular flexibility index (Phi) is 4.62. The number of hydrogen-bond donors (Lipinski definition) is 2. The van der Waals surface area contributed by atoms with Gasteiger partial charge in [-0.25, -0.2) is 14.6 Å². The summed E-state index contributed by atoms with van der Waals surface area (Å²) in [6, 6.07) is 10.8. The number of rotatable bonds is 6. The summed E-state index contributed by atoms with van der Waals surface area (Å²) in [4.78, 5) is 21.9. The molecule has 0 unspecified atom stereocenters. The zero-order chi connectivity index (χ0) is 20.8. The normalized spacial score (nSPS) is 23.6. The van der Waals surface area contributed by atoms with Crippen molar-refractivity contribution >= 4 is 22.8 Å². The molecule has 3 aliphatic rings. The quantitative estimate of drug-likeness (QED) is 0.636. The van der Waals surface area contributed by atoms with Crippen LogP contribution in [-0.2, 0) is 4.79 Å². The van der Waals surface area contributed by atoms with Crippen molar-refractivity contribution in [3.8, 4) is 5.69 Å². The van der Waals surface area contributed by atoms with Crippen molar-refractivity contribution in [2.45, 2.75) is 69.4 Å². The molecule has 0 spiro atoms. The average molecular weight is 417 g/mol. The van der Waals surface area contributed by atoms with E-state index in [1.54, 1.807) is 0 Å². The highest BCUT2D eigenvalue weighted by molar-refractivity contribution is 5.87. The number of aromatic nitrogens is 4. The van der Waals surface area contributed by atoms with Gasteiger partial charge < -0.3 is 10.6 Å². The second-order valence-corrected chi connectivity index (χ2v) is 9.31. The van der Waals surface area contributed by atoms with E-state index in [4.69, 9.17) is 9.97 Å². The molecule has 2 aromatic heterocycles. The highest BCUT2D eigenvalue weighted by Gasteiger charge is 2.33. The fraction of sp³-hybridized carbons (Fsp3) is 0.500. The Balaban J connectivity index is 1.22. The number of hydrogen-bond acceptors (Lipinski definition) is 5. The lowest BCUT2D eigenvalue weighted by atomic mass is 9.91. The summed E-state index contributed by atoms with van der Waals surface area (Å²) in [6.07, 6.45) is 10.4. The van der Waals surface area contributed by atoms with Crippen molar-refractivity contribution in [2.75, 3.05) is 5.32 Å². The Labute approximate surface area is 181 Å². The molecular formula is C24H28N6O. The predicted octanol–water partition coefficient (Wildman–Crippen LogP) is 3.94. The summed E-state index contributed by atoms with van der Waals surface area (Å²) in [5, 5.41) is 12.6. The van der Waals surface area contributed by atoms with E-state index in [-0.39, 0.29) is 11.8 Å². The number of anilines is 1. The summed E-state index contributed by atoms with van der Waals surface area (Å²) >= 11 is 0. The van der Waals surface area contributed by atoms with Crippen LogP contribution in [0.1, 0.15) is 63.1 Å². The minimum Gasteiger partial charge on any atom is -0.367 e. The maximum atomic E-state index is 12.1. The van der Waals surface area contributed by atoms with E-state index in [1.807, 2.05) is 29.1 Å². The molecule has 7 nitrogen and oxygen atoms in total. The van der Waals surface area contributed by atoms with Gasteiger partial charge in [-0.15, -0.1) is 0 Å². The molecule has 0 atom stereocenters. The van der Waals surface area contributed by atoms with Gasteiger partial charge in [0.1, 0.15) is 11.6 Å². The second-order valence-electron chi connectivity index (χ2n) is 9.31. The van der Waals surface area contributed by atoms with Crippen molar-refractivity contribution in [2.24, 2.45) is 5.92 Å². The number of benzene rings is 1. The van der Waals surface area contributed by atoms with Crippen LogP contribution in [0.25, 0.3) is 16.7 Å². The molecule has 3 aromatic rings. The summed E-state index contributed by atoms with van der Waals surface area (Å²) in [5.74, 6) is 2.85. The highest BCUT2D eigenvalue weighted by atomic mass is 16.2. The minimum atomic E-state index is 0.260. The van der Waals surface area contributed by atoms with Crippen molar-refractivity contribution < 1.29 is 4.79 Å². The molecule has 3 fully saturated rings. The van der Waals surface area contributed by atoms with Gasteiger partial charge in [0, 0.05) is 23.9 Å². The SMILES string of the molecule is O=C(NC1CCC(Nc2nc(C3CC3)nc3c2cnn3-c2ccccc2)CC1)C1CC1. The third-order valence-electron chi connectivity index (χ3n) is 6.75. The van der Waals surface area contributed by atoms with E-state index < -0.39 is 0 Å². The molecule has 31 heavy (non-hydrogen) atoms. The maximum absolute atomic E-state index is 12.1. The average Bonchev–Trinajstić information content (AvgIpc) is 3.72. The largest absolute Gasteiger partial charge is 0.367 e. The van der Waals surface area contributed by atoms with Gasteiger partial charge in [0.25, 0.3) is 0 Å². The van der Waals surface area contributed by atoms with Crippen molar-refractivity contribution in [1.29, 1.82) is 0 Å². The maximum Gasteiger partial charge on any atom is 0.223 e. The number of amides is 1. The summed E-state index contributed by atoms with van der Waals surface area (Å²) in [5.41, 5.74) is 1.88. The van der Waals surface area contributed by atoms with E-state index >= 15 is 0 Å². The molecule has 1 amide bonds. The number of nitrogens with zero attached hydrogens (tertiary/aromatic N) is 4. The van der Waals surface area contributed by atoms with Crippen molar-refractivity contribution in [3.63, 3.8) is 0 Å². The van der Waals surface area contributed by atoms with Crippen LogP contribution in [-0.4, -0.2) is 37.7 Å². The van der Waals surface area contributed by atoms with Gasteiger partial charge in [0.15, 0.2) is 5.65 Å². The second kappa shape index (κ2) is 7.62. The fourth-order valence-corrected chi connectivity index (χ4v) is 4.56. The molecule has 6 rings (SSSR count). The molecule has 3 aliphatic carbocycles. The minimum absolute atomic E-state index is 0.260. The third-order valence-corrected chi connectivity index (χ3v) is 6.75. The molecule has 1 aromatic carbocycles. The van der Waals surface area contributed by atoms with E-state index in [2.05, 4.69) is 27.9 Å². The smallest absolute Gasteiger partial charge is 0.223 e. The van der Waals surface area contributed by atoms with E-state index in [9.17, 15) is 4.79 Å². The standard InChI is InChI=1S/C24H28N6O/c31-24(16-8-9-16)27-18-12-10-17(11-13-18)26-22-20-14-25-30(19-4-2-1-3-5-19)23(20)29-21(28-22)15-6-7-15/h1-5,14-18H,6-13H2,(H,27,31)(H,26,28,29). The molecule has 0 radical (unpaired) electrons. The molecule has 3 saturated carbocycles. The van der Waals surface area contributed by atoms with Gasteiger partial charge in [-0.05, 0) is 63.5 Å². The van der Waals surface area contributed by atoms with Crippen LogP contribution in [0.2, 0.25) is 0 Å². The lowest BCUT2D eigenvalue weighted by Gasteiger charge is -2.30. The molecule has 0 saturated heterocycles. The lowest BCUT2D eigenvalue weighted by Crippen LogP contribution is -2.40. The van der Waals surface area contributed by atoms with Crippen LogP contribution in [0.15, 0.2) is 36.5 Å². The van der Waals surface area contributed by atoms with Crippen LogP contribution < -0.4 is 10.6 Å². The zero-order valence-corrected chi connectivity index (χ0v) is 17.6. The van der Waals surface area contributed by atoms with E-state index in [1.165, 1.54) is 0 Å². The van der Waals surface area contributed by atoms with Gasteiger partial charge in [-0.1, -0.05) is 18.2 Å². The van der Waals surface area contributed by atoms with Gasteiger partial charge in [-0.3, -0.25) is 4.79 Å². The Hall–Kier alpha value is -2.96. The number of carbonyl (C=O) groups excluding carboxylic acids is 1. The van der Waals surface area contributed by atoms with Crippen LogP contribution in [0, 0.1) is 5.92 Å². The van der Waals surface area contributed by atoms with Gasteiger partial charge in [0.2, 0.25) is 5.91 Å². The van der Waals surface area contributed by atoms with Crippen LogP contribution >= 0.6 is 0 Å². The Bertz CT molecular complexity index is 1090. The third kappa shape index (κ3) is 3.89. The monoisotopic (exact) mass is 416 g/mol. The Morgan fingerprint density at radius 1 is 0.903 bits per heavy atom. The number of fused-ring (bicyclic) bond motifs is 1. The van der Waals surface area contributed by atoms with Crippen molar-refractivity contribution in [3.05, 3.63) is 42.4 Å². The first kappa shape index (κ1) is 18.8. The van der Waals surface area contributed by atoms with Crippen molar-refractivity contribution in [1.82, 2.24) is 25.1 Å². The number of carbonyl (C=O) groups is 1. The van der Waals surface area contributed by atoms with Gasteiger partial charge in [0.05, 0.1) is 17.3 Å². The number of para-hydroxylation sites is 1. The fourth-order valence-electron chi connectivity index (χ4n) is 4.56. The predicted molar refractivity (Wildman–Crippen MR) is 119 cm³/mol. The van der Waals surface area contributed by atoms with E-state index in [0.717, 1.165) is 79.7 Å². The number of nitrogens with one attached hydrogen (secondary N) is 2. The molecule has 7 heteroatoms. The first-order valence-corrected chi connectivity index (χ1v) is 11.6. The topological polar surface area (TPSA) is 84.7 Å². The summed E-state index contributed by atoms with van der Waals surface area (Å²) < 4.78 is 1.92. The first-order valence-electron chi connectivity index (χ1n) is 11.6. The van der Waals surface area contributed by atoms with Gasteiger partial charge in [-0.2, -0.15) is 5.10 Å². The highest BCUT2D eigenvalue weighted by Crippen LogP contribution is 2.40. The van der Waals surface area contributed by atoms with Crippen LogP contribution in [0.4, 0.5) is 5.82 Å². The molecule has 2 N–H and O–H groups in total. The molecule has 0 bridgehead atoms. The van der Waals surface area contributed by atoms with E-state index in [0.29, 0.717) is 18.0 Å². The first-order chi connectivity index (χ1) is 15.2. The van der Waals surface area contributed by atoms with Crippen LogP contribution in [0.3, 0.4) is 0 Å². The molecule has 0 aliphatic heterocycles. The Morgan fingerprint density at radius 3 is 2.35 bits per heavy atom. The zero-order valence-electron chi connectivity index (χ0n) is 17.6. The lowest BCUT2D eigenvalue weighted by molar-refractivity contribution is -0.123. The Morgan fingerprint density at radius 2 is 1.65 bits per heavy atom. The molecular weight excluding hydrogens is 388 g/mol. The van der Waals surface area contributed by atoms with Crippen LogP contribution in [0.5, 0.6) is 0 Å².